The van der Waals surface area contributed by atoms with E-state index in [-0.39, 0.29) is 6.04 Å². The third-order valence-corrected chi connectivity index (χ3v) is 3.86. The number of ether oxygens (including phenoxy) is 1. The molecule has 1 atom stereocenters. The van der Waals surface area contributed by atoms with Gasteiger partial charge >= 0.3 is 6.09 Å². The molecule has 7 heteroatoms. The van der Waals surface area contributed by atoms with Crippen molar-refractivity contribution in [1.29, 1.82) is 0 Å². The molecule has 1 amide bonds. The highest BCUT2D eigenvalue weighted by molar-refractivity contribution is 5.79. The molecule has 1 rings (SSSR count). The molecule has 27 heavy (non-hydrogen) atoms. The number of aryl methyl sites for hydroxylation is 1. The molecular weight excluding hydrogens is 342 g/mol. The molecule has 0 heterocycles. The number of nitrogens with one attached hydrogen (secondary N) is 3. The maximum absolute atomic E-state index is 11.6. The Bertz CT molecular complexity index is 606. The molecule has 0 aliphatic heterocycles. The molecule has 1 unspecified atom stereocenters. The smallest absolute Gasteiger partial charge is 0.407 e. The van der Waals surface area contributed by atoms with Crippen LogP contribution in [0.15, 0.2) is 29.3 Å². The van der Waals surface area contributed by atoms with Gasteiger partial charge in [-0.3, -0.25) is 4.99 Å². The molecule has 1 aromatic rings. The number of rotatable bonds is 7. The van der Waals surface area contributed by atoms with Gasteiger partial charge < -0.3 is 25.6 Å². The summed E-state index contributed by atoms with van der Waals surface area (Å²) in [6, 6.07) is 8.79. The number of amides is 1. The van der Waals surface area contributed by atoms with E-state index >= 15 is 0 Å². The summed E-state index contributed by atoms with van der Waals surface area (Å²) in [4.78, 5) is 18.0. The number of likely N-dealkylation sites (N-methyl/N-ethyl adjacent to an activating group) is 1. The fraction of sp³-hybridized carbons (Fsp3) is 0.600. The molecule has 0 saturated heterocycles. The zero-order valence-electron chi connectivity index (χ0n) is 17.7. The predicted octanol–water partition coefficient (Wildman–Crippen LogP) is 2.29. The Morgan fingerprint density at radius 3 is 2.22 bits per heavy atom. The van der Waals surface area contributed by atoms with Gasteiger partial charge in [0.25, 0.3) is 0 Å². The Morgan fingerprint density at radius 2 is 1.70 bits per heavy atom. The van der Waals surface area contributed by atoms with Gasteiger partial charge in [-0.15, -0.1) is 0 Å². The van der Waals surface area contributed by atoms with Gasteiger partial charge in [-0.05, 0) is 47.4 Å². The lowest BCUT2D eigenvalue weighted by Crippen LogP contribution is -2.44. The molecule has 0 aliphatic carbocycles. The van der Waals surface area contributed by atoms with Gasteiger partial charge in [0, 0.05) is 26.7 Å². The molecule has 152 valence electrons. The van der Waals surface area contributed by atoms with E-state index in [2.05, 4.69) is 71.1 Å². The lowest BCUT2D eigenvalue weighted by molar-refractivity contribution is 0.0529. The van der Waals surface area contributed by atoms with Gasteiger partial charge in [-0.2, -0.15) is 0 Å². The predicted molar refractivity (Wildman–Crippen MR) is 111 cm³/mol. The summed E-state index contributed by atoms with van der Waals surface area (Å²) >= 11 is 0. The molecule has 0 aromatic heterocycles. The summed E-state index contributed by atoms with van der Waals surface area (Å²) in [6.45, 7) is 9.32. The maximum Gasteiger partial charge on any atom is 0.407 e. The number of hydrogen-bond donors (Lipinski definition) is 3. The molecule has 0 fully saturated rings. The number of carbonyl (C=O) groups excluding carboxylic acids is 1. The summed E-state index contributed by atoms with van der Waals surface area (Å²) in [7, 11) is 5.85. The minimum Gasteiger partial charge on any atom is -0.444 e. The van der Waals surface area contributed by atoms with E-state index in [1.54, 1.807) is 7.05 Å². The molecule has 3 N–H and O–H groups in total. The number of aliphatic imine (C=N–C) groups is 1. The van der Waals surface area contributed by atoms with Crippen LogP contribution in [-0.4, -0.2) is 63.3 Å². The monoisotopic (exact) mass is 377 g/mol. The van der Waals surface area contributed by atoms with E-state index in [1.165, 1.54) is 11.1 Å². The van der Waals surface area contributed by atoms with Crippen LogP contribution in [0.5, 0.6) is 0 Å². The summed E-state index contributed by atoms with van der Waals surface area (Å²) in [5.41, 5.74) is 2.01. The largest absolute Gasteiger partial charge is 0.444 e. The summed E-state index contributed by atoms with van der Waals surface area (Å²) in [5.74, 6) is 0.694. The van der Waals surface area contributed by atoms with Crippen molar-refractivity contribution in [2.75, 3.05) is 40.8 Å². The topological polar surface area (TPSA) is 78.0 Å². The molecule has 0 aliphatic rings. The van der Waals surface area contributed by atoms with Gasteiger partial charge in [0.05, 0.1) is 6.04 Å². The number of carbonyl (C=O) groups is 1. The number of benzene rings is 1. The van der Waals surface area contributed by atoms with Crippen molar-refractivity contribution in [3.8, 4) is 0 Å². The Labute approximate surface area is 163 Å². The first kappa shape index (κ1) is 22.8. The fourth-order valence-corrected chi connectivity index (χ4v) is 2.46. The van der Waals surface area contributed by atoms with Crippen molar-refractivity contribution in [2.24, 2.45) is 4.99 Å². The van der Waals surface area contributed by atoms with E-state index in [9.17, 15) is 4.79 Å². The number of nitrogens with zero attached hydrogens (tertiary/aromatic N) is 2. The molecule has 0 bridgehead atoms. The van der Waals surface area contributed by atoms with Gasteiger partial charge in [0.15, 0.2) is 5.96 Å². The normalized spacial score (nSPS) is 13.3. The van der Waals surface area contributed by atoms with Crippen LogP contribution >= 0.6 is 0 Å². The quantitative estimate of drug-likeness (QED) is 0.386. The lowest BCUT2D eigenvalue weighted by atomic mass is 10.0. The average Bonchev–Trinajstić information content (AvgIpc) is 2.56. The van der Waals surface area contributed by atoms with Crippen LogP contribution in [0.2, 0.25) is 0 Å². The van der Waals surface area contributed by atoms with Gasteiger partial charge in [-0.1, -0.05) is 29.8 Å². The van der Waals surface area contributed by atoms with E-state index in [0.29, 0.717) is 19.0 Å². The fourth-order valence-electron chi connectivity index (χ4n) is 2.46. The van der Waals surface area contributed by atoms with Crippen molar-refractivity contribution in [1.82, 2.24) is 20.9 Å². The Balaban J connectivity index is 2.44. The Hall–Kier alpha value is -2.28. The molecule has 0 radical (unpaired) electrons. The first-order chi connectivity index (χ1) is 12.6. The Morgan fingerprint density at radius 1 is 1.11 bits per heavy atom. The lowest BCUT2D eigenvalue weighted by Gasteiger charge is -2.26. The summed E-state index contributed by atoms with van der Waals surface area (Å²) in [5, 5.41) is 9.25. The third kappa shape index (κ3) is 9.28. The van der Waals surface area contributed by atoms with Crippen molar-refractivity contribution in [3.05, 3.63) is 35.4 Å². The second-order valence-electron chi connectivity index (χ2n) is 7.70. The van der Waals surface area contributed by atoms with Crippen molar-refractivity contribution < 1.29 is 9.53 Å². The highest BCUT2D eigenvalue weighted by atomic mass is 16.6. The minimum absolute atomic E-state index is 0.226. The van der Waals surface area contributed by atoms with Gasteiger partial charge in [0.1, 0.15) is 5.60 Å². The van der Waals surface area contributed by atoms with E-state index in [4.69, 9.17) is 4.74 Å². The van der Waals surface area contributed by atoms with E-state index in [0.717, 1.165) is 6.54 Å². The Kier molecular flexibility index (Phi) is 9.08. The maximum atomic E-state index is 11.6. The zero-order valence-corrected chi connectivity index (χ0v) is 17.7. The third-order valence-electron chi connectivity index (χ3n) is 3.86. The molecule has 0 saturated carbocycles. The van der Waals surface area contributed by atoms with E-state index < -0.39 is 11.7 Å². The van der Waals surface area contributed by atoms with Crippen LogP contribution < -0.4 is 16.0 Å². The van der Waals surface area contributed by atoms with Crippen molar-refractivity contribution in [2.45, 2.75) is 39.3 Å². The summed E-state index contributed by atoms with van der Waals surface area (Å²) in [6.07, 6.45) is -0.417. The standard InChI is InChI=1S/C20H35N5O2/c1-15-8-10-16(11-9-15)17(25(6)7)14-24-18(21-5)22-12-13-23-19(26)27-20(2,3)4/h8-11,17H,12-14H2,1-7H3,(H,23,26)(H2,21,22,24). The molecule has 0 spiro atoms. The minimum atomic E-state index is -0.494. The number of alkyl carbamates (subject to hydrolysis) is 1. The highest BCUT2D eigenvalue weighted by Crippen LogP contribution is 2.17. The summed E-state index contributed by atoms with van der Waals surface area (Å²) < 4.78 is 5.20. The van der Waals surface area contributed by atoms with Gasteiger partial charge in [0.2, 0.25) is 0 Å². The highest BCUT2D eigenvalue weighted by Gasteiger charge is 2.16. The average molecular weight is 378 g/mol. The second kappa shape index (κ2) is 10.8. The molecule has 1 aromatic carbocycles. The van der Waals surface area contributed by atoms with Crippen LogP contribution in [0.1, 0.15) is 37.9 Å². The van der Waals surface area contributed by atoms with Crippen LogP contribution in [0.3, 0.4) is 0 Å². The first-order valence-electron chi connectivity index (χ1n) is 9.26. The van der Waals surface area contributed by atoms with Crippen LogP contribution in [0.4, 0.5) is 4.79 Å². The van der Waals surface area contributed by atoms with Crippen LogP contribution in [0, 0.1) is 6.92 Å². The van der Waals surface area contributed by atoms with E-state index in [1.807, 2.05) is 20.8 Å². The van der Waals surface area contributed by atoms with Gasteiger partial charge in [-0.25, -0.2) is 4.79 Å². The number of hydrogen-bond acceptors (Lipinski definition) is 4. The van der Waals surface area contributed by atoms with Crippen LogP contribution in [0.25, 0.3) is 0 Å². The first-order valence-corrected chi connectivity index (χ1v) is 9.26. The zero-order chi connectivity index (χ0) is 20.4. The second-order valence-corrected chi connectivity index (χ2v) is 7.70. The van der Waals surface area contributed by atoms with Crippen LogP contribution in [-0.2, 0) is 4.74 Å². The van der Waals surface area contributed by atoms with Crippen molar-refractivity contribution >= 4 is 12.1 Å². The number of guanidine groups is 1. The molecule has 7 nitrogen and oxygen atoms in total. The molecular formula is C20H35N5O2. The van der Waals surface area contributed by atoms with Crippen molar-refractivity contribution in [3.63, 3.8) is 0 Å². The SMILES string of the molecule is CN=C(NCCNC(=O)OC(C)(C)C)NCC(c1ccc(C)cc1)N(C)C.